The fraction of sp³-hybridized carbons (Fsp3) is 0.111. The van der Waals surface area contributed by atoms with Crippen LogP contribution in [0.15, 0.2) is 48.7 Å². The summed E-state index contributed by atoms with van der Waals surface area (Å²) in [5, 5.41) is 29.4. The van der Waals surface area contributed by atoms with E-state index >= 15 is 0 Å². The number of fused-ring (bicyclic) bond motifs is 1. The molecule has 0 spiro atoms. The Balaban J connectivity index is 0.000000194. The lowest BCUT2D eigenvalue weighted by atomic mass is 10.2. The molecule has 0 aliphatic rings. The molecule has 9 nitrogen and oxygen atoms in total. The first-order chi connectivity index (χ1) is 12.9. The van der Waals surface area contributed by atoms with Crippen molar-refractivity contribution in [2.75, 3.05) is 14.2 Å². The number of ether oxygens (including phenoxy) is 2. The van der Waals surface area contributed by atoms with Crippen molar-refractivity contribution in [2.24, 2.45) is 0 Å². The summed E-state index contributed by atoms with van der Waals surface area (Å²) in [6.45, 7) is 0. The van der Waals surface area contributed by atoms with Gasteiger partial charge in [0.15, 0.2) is 0 Å². The number of rotatable bonds is 4. The van der Waals surface area contributed by atoms with Gasteiger partial charge in [-0.3, -0.25) is 15.1 Å². The molecular weight excluding hydrogens is 356 g/mol. The number of carbonyl (C=O) groups is 1. The number of nitro benzene ring substituents is 1. The smallest absolute Gasteiger partial charge is 0.335 e. The number of nitro groups is 1. The normalized spacial score (nSPS) is 9.85. The van der Waals surface area contributed by atoms with Gasteiger partial charge >= 0.3 is 11.7 Å². The summed E-state index contributed by atoms with van der Waals surface area (Å²) in [5.41, 5.74) is 0.0779. The fourth-order valence-electron chi connectivity index (χ4n) is 2.20. The Labute approximate surface area is 153 Å². The minimum Gasteiger partial charge on any atom is -0.501 e. The minimum atomic E-state index is -1.00. The molecule has 0 amide bonds. The third-order valence-corrected chi connectivity index (χ3v) is 3.52. The summed E-state index contributed by atoms with van der Waals surface area (Å²) in [6.07, 6.45) is 1.48. The van der Waals surface area contributed by atoms with Crippen LogP contribution in [0.25, 0.3) is 10.9 Å². The topological polar surface area (TPSA) is 132 Å². The SMILES string of the molecule is COc1cc(OC)cc(C(=O)O)c1.O=[N+]([O-])c1ccc2cccnc2c1O. The van der Waals surface area contributed by atoms with E-state index in [0.29, 0.717) is 16.9 Å². The Hall–Kier alpha value is -3.88. The van der Waals surface area contributed by atoms with Crippen molar-refractivity contribution in [1.29, 1.82) is 0 Å². The van der Waals surface area contributed by atoms with E-state index in [1.165, 1.54) is 38.6 Å². The van der Waals surface area contributed by atoms with E-state index in [1.54, 1.807) is 24.3 Å². The van der Waals surface area contributed by atoms with E-state index in [4.69, 9.17) is 14.6 Å². The van der Waals surface area contributed by atoms with Crippen LogP contribution >= 0.6 is 0 Å². The molecule has 1 aromatic heterocycles. The van der Waals surface area contributed by atoms with Crippen LogP contribution in [0, 0.1) is 10.1 Å². The quantitative estimate of drug-likeness (QED) is 0.527. The fourth-order valence-corrected chi connectivity index (χ4v) is 2.20. The van der Waals surface area contributed by atoms with Gasteiger partial charge in [-0.2, -0.15) is 0 Å². The van der Waals surface area contributed by atoms with Crippen LogP contribution in [0.4, 0.5) is 5.69 Å². The summed E-state index contributed by atoms with van der Waals surface area (Å²) in [4.78, 5) is 24.3. The molecule has 0 bridgehead atoms. The van der Waals surface area contributed by atoms with Gasteiger partial charge in [0.25, 0.3) is 0 Å². The zero-order valence-electron chi connectivity index (χ0n) is 14.4. The molecule has 140 valence electrons. The van der Waals surface area contributed by atoms with E-state index in [-0.39, 0.29) is 22.5 Å². The average Bonchev–Trinajstić information content (AvgIpc) is 2.68. The van der Waals surface area contributed by atoms with Gasteiger partial charge in [0, 0.05) is 23.7 Å². The van der Waals surface area contributed by atoms with Crippen LogP contribution in [0.2, 0.25) is 0 Å². The van der Waals surface area contributed by atoms with Gasteiger partial charge in [-0.25, -0.2) is 4.79 Å². The van der Waals surface area contributed by atoms with E-state index in [1.807, 2.05) is 0 Å². The highest BCUT2D eigenvalue weighted by Crippen LogP contribution is 2.32. The lowest BCUT2D eigenvalue weighted by molar-refractivity contribution is -0.385. The maximum atomic E-state index is 10.6. The Bertz CT molecular complexity index is 966. The second-order valence-electron chi connectivity index (χ2n) is 5.17. The third-order valence-electron chi connectivity index (χ3n) is 3.52. The van der Waals surface area contributed by atoms with Gasteiger partial charge in [0.05, 0.1) is 24.7 Å². The van der Waals surface area contributed by atoms with Crippen LogP contribution in [0.1, 0.15) is 10.4 Å². The molecule has 0 fully saturated rings. The van der Waals surface area contributed by atoms with Gasteiger partial charge in [0.1, 0.15) is 17.0 Å². The molecule has 9 heteroatoms. The predicted molar refractivity (Wildman–Crippen MR) is 96.6 cm³/mol. The molecule has 0 unspecified atom stereocenters. The van der Waals surface area contributed by atoms with Crippen LogP contribution in [0.5, 0.6) is 17.2 Å². The van der Waals surface area contributed by atoms with Gasteiger partial charge in [0.2, 0.25) is 5.75 Å². The highest BCUT2D eigenvalue weighted by Gasteiger charge is 2.16. The summed E-state index contributed by atoms with van der Waals surface area (Å²) >= 11 is 0. The maximum Gasteiger partial charge on any atom is 0.335 e. The molecule has 2 N–H and O–H groups in total. The first kappa shape index (κ1) is 19.4. The Kier molecular flexibility index (Phi) is 6.10. The zero-order valence-corrected chi connectivity index (χ0v) is 14.4. The number of benzene rings is 2. The molecule has 0 radical (unpaired) electrons. The van der Waals surface area contributed by atoms with E-state index in [9.17, 15) is 20.0 Å². The van der Waals surface area contributed by atoms with Crippen LogP contribution in [-0.4, -0.2) is 40.3 Å². The number of nitrogens with zero attached hydrogens (tertiary/aromatic N) is 2. The average molecular weight is 372 g/mol. The van der Waals surface area contributed by atoms with Crippen molar-refractivity contribution in [2.45, 2.75) is 0 Å². The number of hydrogen-bond donors (Lipinski definition) is 2. The number of carboxylic acid groups (broad SMARTS) is 1. The Morgan fingerprint density at radius 2 is 1.74 bits per heavy atom. The van der Waals surface area contributed by atoms with Crippen molar-refractivity contribution in [3.05, 3.63) is 64.3 Å². The van der Waals surface area contributed by atoms with Gasteiger partial charge in [-0.1, -0.05) is 6.07 Å². The van der Waals surface area contributed by atoms with Crippen LogP contribution in [-0.2, 0) is 0 Å². The second-order valence-corrected chi connectivity index (χ2v) is 5.17. The van der Waals surface area contributed by atoms with E-state index in [0.717, 1.165) is 0 Å². The molecule has 3 rings (SSSR count). The molecule has 0 aliphatic carbocycles. The molecule has 0 saturated heterocycles. The summed E-state index contributed by atoms with van der Waals surface area (Å²) in [7, 11) is 2.95. The highest BCUT2D eigenvalue weighted by atomic mass is 16.6. The third kappa shape index (κ3) is 4.60. The predicted octanol–water partition coefficient (Wildman–Crippen LogP) is 3.25. The minimum absolute atomic E-state index is 0.149. The first-order valence-corrected chi connectivity index (χ1v) is 7.54. The van der Waals surface area contributed by atoms with E-state index in [2.05, 4.69) is 4.98 Å². The van der Waals surface area contributed by atoms with Crippen LogP contribution in [0.3, 0.4) is 0 Å². The summed E-state index contributed by atoms with van der Waals surface area (Å²) in [6, 6.07) is 10.7. The van der Waals surface area contributed by atoms with Crippen molar-refractivity contribution in [3.63, 3.8) is 0 Å². The van der Waals surface area contributed by atoms with Crippen LogP contribution < -0.4 is 9.47 Å². The number of hydrogen-bond acceptors (Lipinski definition) is 7. The Morgan fingerprint density at radius 1 is 1.11 bits per heavy atom. The molecule has 0 aliphatic heterocycles. The Morgan fingerprint density at radius 3 is 2.26 bits per heavy atom. The van der Waals surface area contributed by atoms with Crippen molar-refractivity contribution >= 4 is 22.6 Å². The monoisotopic (exact) mass is 372 g/mol. The van der Waals surface area contributed by atoms with E-state index < -0.39 is 10.9 Å². The number of methoxy groups -OCH3 is 2. The molecule has 0 atom stereocenters. The number of phenols is 1. The highest BCUT2D eigenvalue weighted by molar-refractivity contribution is 5.89. The van der Waals surface area contributed by atoms with Gasteiger partial charge in [-0.15, -0.1) is 0 Å². The van der Waals surface area contributed by atoms with Gasteiger partial charge < -0.3 is 19.7 Å². The summed E-state index contributed by atoms with van der Waals surface area (Å²) < 4.78 is 9.81. The largest absolute Gasteiger partial charge is 0.501 e. The van der Waals surface area contributed by atoms with Crippen molar-refractivity contribution in [1.82, 2.24) is 4.98 Å². The number of carboxylic acids is 1. The molecule has 3 aromatic rings. The van der Waals surface area contributed by atoms with Crippen molar-refractivity contribution < 1.29 is 29.4 Å². The molecule has 1 heterocycles. The lowest BCUT2D eigenvalue weighted by Gasteiger charge is -2.05. The molecule has 2 aromatic carbocycles. The standard InChI is InChI=1S/C9H6N2O3.C9H10O4/c12-9-7(11(13)14)4-3-6-2-1-5-10-8(6)9;1-12-7-3-6(9(10)11)4-8(5-7)13-2/h1-5,12H;3-5H,1-2H3,(H,10,11). The lowest BCUT2D eigenvalue weighted by Crippen LogP contribution is -1.98. The van der Waals surface area contributed by atoms with Crippen molar-refractivity contribution in [3.8, 4) is 17.2 Å². The van der Waals surface area contributed by atoms with Gasteiger partial charge in [-0.05, 0) is 24.3 Å². The first-order valence-electron chi connectivity index (χ1n) is 7.54. The molecule has 0 saturated carbocycles. The second kappa shape index (κ2) is 8.48. The number of pyridine rings is 1. The molecular formula is C18H16N2O7. The molecule has 27 heavy (non-hydrogen) atoms. The summed E-state index contributed by atoms with van der Waals surface area (Å²) in [5.74, 6) is -0.446. The maximum absolute atomic E-state index is 10.6. The number of phenolic OH excluding ortho intramolecular Hbond substituents is 1. The number of aromatic hydroxyl groups is 1. The number of aromatic nitrogens is 1. The number of aromatic carboxylic acids is 1. The zero-order chi connectivity index (χ0) is 20.0.